The van der Waals surface area contributed by atoms with Crippen LogP contribution in [0.4, 0.5) is 0 Å². The number of rotatable bonds is 4. The van der Waals surface area contributed by atoms with Crippen molar-refractivity contribution in [1.82, 2.24) is 0 Å². The second-order valence-electron chi connectivity index (χ2n) is 6.98. The lowest BCUT2D eigenvalue weighted by Crippen LogP contribution is -2.56. The summed E-state index contributed by atoms with van der Waals surface area (Å²) >= 11 is 0. The van der Waals surface area contributed by atoms with Crippen LogP contribution in [0.2, 0.25) is 0 Å². The van der Waals surface area contributed by atoms with Crippen molar-refractivity contribution >= 4 is 16.7 Å². The van der Waals surface area contributed by atoms with Gasteiger partial charge in [0.2, 0.25) is 17.5 Å². The Morgan fingerprint density at radius 1 is 1.10 bits per heavy atom. The molecule has 0 saturated carbocycles. The Bertz CT molecular complexity index is 1050. The molecule has 2 aromatic rings. The van der Waals surface area contributed by atoms with Gasteiger partial charge in [-0.3, -0.25) is 4.79 Å². The molecule has 1 aliphatic rings. The normalized spacial score (nSPS) is 26.5. The summed E-state index contributed by atoms with van der Waals surface area (Å²) in [4.78, 5) is 23.6. The topological polar surface area (TPSA) is 194 Å². The molecule has 30 heavy (non-hydrogen) atoms. The van der Waals surface area contributed by atoms with Crippen molar-refractivity contribution in [2.24, 2.45) is 5.92 Å². The molecule has 0 amide bonds. The first-order valence-electron chi connectivity index (χ1n) is 8.85. The number of phenolic OH excluding ortho intramolecular Hbond substituents is 2. The highest BCUT2D eigenvalue weighted by molar-refractivity contribution is 5.97. The fourth-order valence-corrected chi connectivity index (χ4v) is 3.27. The predicted molar refractivity (Wildman–Crippen MR) is 99.7 cm³/mol. The monoisotopic (exact) mass is 424 g/mol. The zero-order valence-electron chi connectivity index (χ0n) is 15.6. The fraction of sp³-hybridized carbons (Fsp3) is 0.368. The SMILES string of the molecule is C[C@H]1[C@H](O)[C@@H](O)[C@H](Oc2cc3cc(C(=O)O)cc(O)c(=O)c3c(O)c2O)O[C@@H]1CO. The number of aliphatic hydroxyl groups is 3. The third-order valence-corrected chi connectivity index (χ3v) is 5.07. The molecule has 0 aromatic heterocycles. The van der Waals surface area contributed by atoms with E-state index in [-0.39, 0.29) is 5.39 Å². The van der Waals surface area contributed by atoms with Crippen LogP contribution >= 0.6 is 0 Å². The van der Waals surface area contributed by atoms with Crippen LogP contribution in [0.1, 0.15) is 17.3 Å². The second-order valence-corrected chi connectivity index (χ2v) is 6.98. The number of ether oxygens (including phenoxy) is 2. The van der Waals surface area contributed by atoms with Crippen LogP contribution in [0.5, 0.6) is 23.0 Å². The van der Waals surface area contributed by atoms with E-state index >= 15 is 0 Å². The van der Waals surface area contributed by atoms with Gasteiger partial charge >= 0.3 is 5.97 Å². The number of hydrogen-bond acceptors (Lipinski definition) is 10. The van der Waals surface area contributed by atoms with Gasteiger partial charge in [-0.2, -0.15) is 0 Å². The predicted octanol–water partition coefficient (Wildman–Crippen LogP) is -0.531. The minimum Gasteiger partial charge on any atom is -0.504 e. The quantitative estimate of drug-likeness (QED) is 0.312. The van der Waals surface area contributed by atoms with Crippen LogP contribution in [-0.2, 0) is 4.74 Å². The Morgan fingerprint density at radius 3 is 2.37 bits per heavy atom. The number of carboxylic acid groups (broad SMARTS) is 1. The molecule has 1 aliphatic heterocycles. The van der Waals surface area contributed by atoms with E-state index in [2.05, 4.69) is 0 Å². The summed E-state index contributed by atoms with van der Waals surface area (Å²) in [6.45, 7) is 1.05. The molecule has 5 atom stereocenters. The number of aromatic hydroxyl groups is 3. The van der Waals surface area contributed by atoms with Gasteiger partial charge in [0.15, 0.2) is 17.2 Å². The Morgan fingerprint density at radius 2 is 1.77 bits per heavy atom. The maximum Gasteiger partial charge on any atom is 0.335 e. The van der Waals surface area contributed by atoms with Gasteiger partial charge in [-0.15, -0.1) is 0 Å². The van der Waals surface area contributed by atoms with Crippen molar-refractivity contribution in [2.45, 2.75) is 31.5 Å². The van der Waals surface area contributed by atoms with E-state index in [9.17, 15) is 45.3 Å². The van der Waals surface area contributed by atoms with Gasteiger partial charge in [-0.25, -0.2) is 4.79 Å². The summed E-state index contributed by atoms with van der Waals surface area (Å²) in [5, 5.41) is 68.5. The Hall–Kier alpha value is -3.12. The first-order valence-corrected chi connectivity index (χ1v) is 8.85. The van der Waals surface area contributed by atoms with E-state index in [0.29, 0.717) is 6.07 Å². The summed E-state index contributed by atoms with van der Waals surface area (Å²) in [6, 6.07) is 2.67. The van der Waals surface area contributed by atoms with E-state index in [0.717, 1.165) is 12.1 Å². The van der Waals surface area contributed by atoms with Gasteiger partial charge in [0.05, 0.1) is 29.8 Å². The molecule has 11 heteroatoms. The molecule has 7 N–H and O–H groups in total. The van der Waals surface area contributed by atoms with Crippen LogP contribution in [0.3, 0.4) is 0 Å². The third kappa shape index (κ3) is 3.59. The minimum atomic E-state index is -1.58. The van der Waals surface area contributed by atoms with E-state index in [4.69, 9.17) is 9.47 Å². The van der Waals surface area contributed by atoms with E-state index in [1.807, 2.05) is 0 Å². The largest absolute Gasteiger partial charge is 0.504 e. The van der Waals surface area contributed by atoms with Crippen molar-refractivity contribution in [3.63, 3.8) is 0 Å². The van der Waals surface area contributed by atoms with Crippen LogP contribution in [0.25, 0.3) is 10.8 Å². The average molecular weight is 424 g/mol. The van der Waals surface area contributed by atoms with Crippen molar-refractivity contribution in [3.05, 3.63) is 34.0 Å². The maximum atomic E-state index is 12.3. The van der Waals surface area contributed by atoms with Crippen LogP contribution < -0.4 is 10.2 Å². The Kier molecular flexibility index (Phi) is 5.72. The van der Waals surface area contributed by atoms with Crippen LogP contribution in [-0.4, -0.2) is 72.9 Å². The number of hydrogen-bond donors (Lipinski definition) is 7. The van der Waals surface area contributed by atoms with Crippen molar-refractivity contribution in [2.75, 3.05) is 6.61 Å². The molecule has 1 saturated heterocycles. The van der Waals surface area contributed by atoms with Gasteiger partial charge < -0.3 is 45.2 Å². The average Bonchev–Trinajstić information content (AvgIpc) is 2.82. The first kappa shape index (κ1) is 21.6. The van der Waals surface area contributed by atoms with Gasteiger partial charge in [-0.1, -0.05) is 6.92 Å². The zero-order chi connectivity index (χ0) is 22.3. The number of fused-ring (bicyclic) bond motifs is 1. The van der Waals surface area contributed by atoms with E-state index < -0.39 is 82.5 Å². The van der Waals surface area contributed by atoms with E-state index in [1.165, 1.54) is 0 Å². The molecule has 3 rings (SSSR count). The summed E-state index contributed by atoms with van der Waals surface area (Å²) in [5.74, 6) is -5.48. The number of carboxylic acids is 1. The van der Waals surface area contributed by atoms with Crippen LogP contribution in [0.15, 0.2) is 23.0 Å². The van der Waals surface area contributed by atoms with Gasteiger partial charge in [-0.05, 0) is 23.6 Å². The van der Waals surface area contributed by atoms with Gasteiger partial charge in [0.1, 0.15) is 6.10 Å². The van der Waals surface area contributed by atoms with Crippen LogP contribution in [0, 0.1) is 5.92 Å². The summed E-state index contributed by atoms with van der Waals surface area (Å²) < 4.78 is 10.8. The summed E-state index contributed by atoms with van der Waals surface area (Å²) in [5.41, 5.74) is -1.61. The molecular formula is C19H20O11. The molecule has 0 radical (unpaired) electrons. The molecule has 162 valence electrons. The highest BCUT2D eigenvalue weighted by Crippen LogP contribution is 2.42. The standard InChI is InChI=1S/C19H20O11/c1-6-11(5-20)30-19(17(26)13(6)22)29-10-4-7-2-8(18(27)28)3-9(21)14(23)12(7)16(25)15(10)24/h2-4,6,11,13,17,19-20,22,24-26H,5H2,1H3,(H,21,23)(H,27,28)/t6-,11-,13+,17-,19-/m1/s1. The minimum absolute atomic E-state index is 0.194. The first-order chi connectivity index (χ1) is 14.1. The van der Waals surface area contributed by atoms with Crippen molar-refractivity contribution in [3.8, 4) is 23.0 Å². The lowest BCUT2D eigenvalue weighted by atomic mass is 9.91. The van der Waals surface area contributed by atoms with Crippen molar-refractivity contribution in [1.29, 1.82) is 0 Å². The molecule has 0 unspecified atom stereocenters. The molecule has 0 aliphatic carbocycles. The number of carbonyl (C=O) groups is 1. The Labute approximate surface area is 168 Å². The summed E-state index contributed by atoms with van der Waals surface area (Å²) in [6.07, 6.45) is -5.38. The molecule has 0 spiro atoms. The molecule has 11 nitrogen and oxygen atoms in total. The number of benzene rings is 1. The van der Waals surface area contributed by atoms with Crippen molar-refractivity contribution < 1.29 is 50.0 Å². The molecule has 2 aromatic carbocycles. The van der Waals surface area contributed by atoms with Gasteiger partial charge in [0, 0.05) is 5.92 Å². The highest BCUT2D eigenvalue weighted by atomic mass is 16.7. The maximum absolute atomic E-state index is 12.3. The Balaban J connectivity index is 2.14. The molecular weight excluding hydrogens is 404 g/mol. The second kappa shape index (κ2) is 7.95. The highest BCUT2D eigenvalue weighted by Gasteiger charge is 2.43. The number of aromatic carboxylic acids is 1. The molecule has 1 heterocycles. The lowest BCUT2D eigenvalue weighted by Gasteiger charge is -2.40. The zero-order valence-corrected chi connectivity index (χ0v) is 15.6. The summed E-state index contributed by atoms with van der Waals surface area (Å²) in [7, 11) is 0. The van der Waals surface area contributed by atoms with Gasteiger partial charge in [0.25, 0.3) is 0 Å². The smallest absolute Gasteiger partial charge is 0.335 e. The number of aliphatic hydroxyl groups excluding tert-OH is 3. The van der Waals surface area contributed by atoms with E-state index in [1.54, 1.807) is 6.92 Å². The molecule has 1 fully saturated rings. The molecule has 0 bridgehead atoms. The third-order valence-electron chi connectivity index (χ3n) is 5.07. The number of phenols is 2. The lowest BCUT2D eigenvalue weighted by molar-refractivity contribution is -0.261. The fourth-order valence-electron chi connectivity index (χ4n) is 3.27.